The van der Waals surface area contributed by atoms with E-state index in [1.54, 1.807) is 22.6 Å². The molecule has 0 amide bonds. The molecule has 0 saturated heterocycles. The third-order valence-electron chi connectivity index (χ3n) is 1.81. The van der Waals surface area contributed by atoms with Crippen LogP contribution in [0.2, 0.25) is 0 Å². The largest absolute Gasteiger partial charge is 0.478 e. The maximum Gasteiger partial charge on any atom is 0.338 e. The fraction of sp³-hybridized carbons (Fsp3) is 0.200. The van der Waals surface area contributed by atoms with Gasteiger partial charge in [-0.25, -0.2) is 9.18 Å². The second-order valence-electron chi connectivity index (χ2n) is 3.08. The molecule has 0 heterocycles. The lowest BCUT2D eigenvalue weighted by Gasteiger charge is -2.08. The summed E-state index contributed by atoms with van der Waals surface area (Å²) in [6, 6.07) is 1.74. The van der Waals surface area contributed by atoms with Gasteiger partial charge in [-0.05, 0) is 19.1 Å². The van der Waals surface area contributed by atoms with E-state index in [4.69, 9.17) is 5.11 Å². The van der Waals surface area contributed by atoms with Crippen molar-refractivity contribution in [2.45, 2.75) is 10.8 Å². The fourth-order valence-corrected chi connectivity index (χ4v) is 1.09. The van der Waals surface area contributed by atoms with Gasteiger partial charge >= 0.3 is 11.9 Å². The van der Waals surface area contributed by atoms with Crippen LogP contribution in [0.5, 0.6) is 5.75 Å². The third-order valence-corrected chi connectivity index (χ3v) is 2.32. The smallest absolute Gasteiger partial charge is 0.338 e. The maximum atomic E-state index is 13.3. The summed E-state index contributed by atoms with van der Waals surface area (Å²) < 4.78 is 30.6. The lowest BCUT2D eigenvalue weighted by molar-refractivity contribution is -0.133. The highest BCUT2D eigenvalue weighted by molar-refractivity contribution is 14.1. The Hall–Kier alpha value is -1.25. The van der Waals surface area contributed by atoms with Crippen molar-refractivity contribution in [3.8, 4) is 5.75 Å². The van der Waals surface area contributed by atoms with Crippen molar-refractivity contribution < 1.29 is 28.2 Å². The highest BCUT2D eigenvalue weighted by Crippen LogP contribution is 2.23. The van der Waals surface area contributed by atoms with Crippen LogP contribution < -0.4 is 4.74 Å². The molecule has 7 heteroatoms. The molecular formula is C10H7F2IO4. The summed E-state index contributed by atoms with van der Waals surface area (Å²) in [5, 5.41) is 8.54. The van der Waals surface area contributed by atoms with Gasteiger partial charge in [0.05, 0.1) is 5.56 Å². The number of alkyl halides is 1. The highest BCUT2D eigenvalue weighted by Gasteiger charge is 2.21. The molecule has 0 bridgehead atoms. The minimum atomic E-state index is -1.60. The molecule has 0 aliphatic heterocycles. The monoisotopic (exact) mass is 356 g/mol. The number of hydrogen-bond donors (Lipinski definition) is 1. The van der Waals surface area contributed by atoms with E-state index in [1.165, 1.54) is 6.92 Å². The number of carbonyl (C=O) groups excluding carboxylic acids is 1. The van der Waals surface area contributed by atoms with Gasteiger partial charge in [0.2, 0.25) is 5.82 Å². The molecule has 0 aromatic heterocycles. The molecular weight excluding hydrogens is 349 g/mol. The molecule has 0 fully saturated rings. The minimum absolute atomic E-state index is 0.533. The SMILES string of the molecule is CC(I)C(=O)Oc1ccc(C(=O)O)c(F)c1F. The van der Waals surface area contributed by atoms with Crippen molar-refractivity contribution in [2.24, 2.45) is 0 Å². The normalized spacial score (nSPS) is 12.0. The zero-order valence-electron chi connectivity index (χ0n) is 8.54. The van der Waals surface area contributed by atoms with Gasteiger partial charge in [0.1, 0.15) is 3.92 Å². The van der Waals surface area contributed by atoms with Crippen LogP contribution in [0, 0.1) is 11.6 Å². The quantitative estimate of drug-likeness (QED) is 0.391. The molecule has 0 saturated carbocycles. The van der Waals surface area contributed by atoms with E-state index in [2.05, 4.69) is 4.74 Å². The Balaban J connectivity index is 3.09. The number of rotatable bonds is 3. The van der Waals surface area contributed by atoms with Gasteiger partial charge in [0.15, 0.2) is 11.6 Å². The van der Waals surface area contributed by atoms with Gasteiger partial charge in [-0.1, -0.05) is 22.6 Å². The van der Waals surface area contributed by atoms with Gasteiger partial charge in [-0.3, -0.25) is 4.79 Å². The predicted octanol–water partition coefficient (Wildman–Crippen LogP) is 2.39. The maximum absolute atomic E-state index is 13.3. The number of ether oxygens (including phenoxy) is 1. The van der Waals surface area contributed by atoms with Crippen LogP contribution >= 0.6 is 22.6 Å². The minimum Gasteiger partial charge on any atom is -0.478 e. The fourth-order valence-electron chi connectivity index (χ4n) is 0.965. The summed E-state index contributed by atoms with van der Waals surface area (Å²) in [5.41, 5.74) is -0.815. The van der Waals surface area contributed by atoms with Gasteiger partial charge in [0, 0.05) is 0 Å². The van der Waals surface area contributed by atoms with Crippen LogP contribution in [0.3, 0.4) is 0 Å². The lowest BCUT2D eigenvalue weighted by Crippen LogP contribution is -2.18. The van der Waals surface area contributed by atoms with Crippen molar-refractivity contribution >= 4 is 34.5 Å². The molecule has 0 spiro atoms. The molecule has 92 valence electrons. The van der Waals surface area contributed by atoms with E-state index in [0.29, 0.717) is 0 Å². The molecule has 1 unspecified atom stereocenters. The summed E-state index contributed by atoms with van der Waals surface area (Å²) >= 11 is 1.75. The van der Waals surface area contributed by atoms with E-state index >= 15 is 0 Å². The van der Waals surface area contributed by atoms with E-state index in [-0.39, 0.29) is 0 Å². The average Bonchev–Trinajstić information content (AvgIpc) is 2.24. The number of benzene rings is 1. The Morgan fingerprint density at radius 2 is 1.94 bits per heavy atom. The lowest BCUT2D eigenvalue weighted by atomic mass is 10.2. The zero-order chi connectivity index (χ0) is 13.2. The van der Waals surface area contributed by atoms with Crippen LogP contribution in [0.4, 0.5) is 8.78 Å². The van der Waals surface area contributed by atoms with Gasteiger partial charge < -0.3 is 9.84 Å². The summed E-state index contributed by atoms with van der Waals surface area (Å²) in [5.74, 6) is -6.01. The van der Waals surface area contributed by atoms with E-state index in [1.807, 2.05) is 0 Å². The molecule has 4 nitrogen and oxygen atoms in total. The summed E-state index contributed by atoms with van der Waals surface area (Å²) in [7, 11) is 0. The predicted molar refractivity (Wildman–Crippen MR) is 62.4 cm³/mol. The first-order chi connectivity index (χ1) is 7.84. The molecule has 0 aliphatic rings. The first-order valence-corrected chi connectivity index (χ1v) is 5.66. The summed E-state index contributed by atoms with van der Waals surface area (Å²) in [4.78, 5) is 21.7. The van der Waals surface area contributed by atoms with Gasteiger partial charge in [-0.15, -0.1) is 0 Å². The number of halogens is 3. The van der Waals surface area contributed by atoms with Crippen LogP contribution in [-0.4, -0.2) is 21.0 Å². The Kier molecular flexibility index (Phi) is 4.38. The number of carboxylic acids is 1. The Bertz CT molecular complexity index is 474. The van der Waals surface area contributed by atoms with E-state index in [9.17, 15) is 18.4 Å². The van der Waals surface area contributed by atoms with Crippen molar-refractivity contribution in [1.29, 1.82) is 0 Å². The molecule has 1 rings (SSSR count). The Morgan fingerprint density at radius 1 is 1.35 bits per heavy atom. The zero-order valence-corrected chi connectivity index (χ0v) is 10.7. The topological polar surface area (TPSA) is 63.6 Å². The molecule has 0 aliphatic carbocycles. The molecule has 1 aromatic carbocycles. The second kappa shape index (κ2) is 5.39. The van der Waals surface area contributed by atoms with Gasteiger partial charge in [-0.2, -0.15) is 4.39 Å². The van der Waals surface area contributed by atoms with Crippen molar-refractivity contribution in [3.05, 3.63) is 29.3 Å². The molecule has 0 radical (unpaired) electrons. The first-order valence-electron chi connectivity index (χ1n) is 4.41. The molecule has 1 N–H and O–H groups in total. The van der Waals surface area contributed by atoms with Crippen LogP contribution in [0.25, 0.3) is 0 Å². The highest BCUT2D eigenvalue weighted by atomic mass is 127. The summed E-state index contributed by atoms with van der Waals surface area (Å²) in [6.07, 6.45) is 0. The molecule has 1 aromatic rings. The Labute approximate surface area is 109 Å². The van der Waals surface area contributed by atoms with E-state index in [0.717, 1.165) is 12.1 Å². The third kappa shape index (κ3) is 3.11. The van der Waals surface area contributed by atoms with Crippen LogP contribution in [-0.2, 0) is 4.79 Å². The Morgan fingerprint density at radius 3 is 2.41 bits per heavy atom. The van der Waals surface area contributed by atoms with Gasteiger partial charge in [0.25, 0.3) is 0 Å². The van der Waals surface area contributed by atoms with Crippen LogP contribution in [0.1, 0.15) is 17.3 Å². The average molecular weight is 356 g/mol. The number of hydrogen-bond acceptors (Lipinski definition) is 3. The first kappa shape index (κ1) is 13.8. The van der Waals surface area contributed by atoms with E-state index < -0.39 is 38.8 Å². The number of esters is 1. The number of aromatic carboxylic acids is 1. The summed E-state index contributed by atoms with van der Waals surface area (Å²) in [6.45, 7) is 1.52. The van der Waals surface area contributed by atoms with Crippen molar-refractivity contribution in [1.82, 2.24) is 0 Å². The van der Waals surface area contributed by atoms with Crippen LogP contribution in [0.15, 0.2) is 12.1 Å². The molecule has 1 atom stereocenters. The van der Waals surface area contributed by atoms with Crippen molar-refractivity contribution in [2.75, 3.05) is 0 Å². The molecule has 17 heavy (non-hydrogen) atoms. The standard InChI is InChI=1S/C10H7F2IO4/c1-4(13)10(16)17-6-3-2-5(9(14)15)7(11)8(6)12/h2-4H,1H3,(H,14,15). The number of carbonyl (C=O) groups is 2. The second-order valence-corrected chi connectivity index (χ2v) is 4.95. The van der Waals surface area contributed by atoms with Crippen molar-refractivity contribution in [3.63, 3.8) is 0 Å². The number of carboxylic acid groups (broad SMARTS) is 1.